The van der Waals surface area contributed by atoms with Gasteiger partial charge in [0.1, 0.15) is 5.75 Å². The van der Waals surface area contributed by atoms with E-state index in [2.05, 4.69) is 4.98 Å². The normalized spacial score (nSPS) is 24.3. The second-order valence-electron chi connectivity index (χ2n) is 7.06. The lowest BCUT2D eigenvalue weighted by Gasteiger charge is -2.27. The summed E-state index contributed by atoms with van der Waals surface area (Å²) in [5.74, 6) is -0.410. The SMILES string of the molecule is Cc1nc(CC(=O)N2C[C@H]3COc4ccccc4C[C@@]3(C(=O)O)C2)cs1. The molecule has 0 aliphatic carbocycles. The molecule has 1 aromatic heterocycles. The molecule has 1 N–H and O–H groups in total. The lowest BCUT2D eigenvalue weighted by Crippen LogP contribution is -2.42. The van der Waals surface area contributed by atoms with Crippen molar-refractivity contribution in [3.05, 3.63) is 45.9 Å². The highest BCUT2D eigenvalue weighted by atomic mass is 32.1. The van der Waals surface area contributed by atoms with Crippen molar-refractivity contribution in [1.29, 1.82) is 0 Å². The number of aromatic nitrogens is 1. The van der Waals surface area contributed by atoms with E-state index < -0.39 is 11.4 Å². The minimum absolute atomic E-state index is 0.0720. The number of benzene rings is 1. The van der Waals surface area contributed by atoms with Crippen LogP contribution in [0.4, 0.5) is 0 Å². The number of fused-ring (bicyclic) bond motifs is 2. The number of carboxylic acids is 1. The fourth-order valence-corrected chi connectivity index (χ4v) is 4.58. The van der Waals surface area contributed by atoms with Crippen LogP contribution >= 0.6 is 11.3 Å². The number of para-hydroxylation sites is 1. The fraction of sp³-hybridized carbons (Fsp3) is 0.421. The molecular weight excluding hydrogens is 352 g/mol. The second-order valence-corrected chi connectivity index (χ2v) is 8.12. The Hall–Kier alpha value is -2.41. The number of likely N-dealkylation sites (tertiary alicyclic amines) is 1. The Kier molecular flexibility index (Phi) is 4.19. The van der Waals surface area contributed by atoms with Gasteiger partial charge in [-0.2, -0.15) is 0 Å². The van der Waals surface area contributed by atoms with E-state index in [1.54, 1.807) is 4.90 Å². The van der Waals surface area contributed by atoms with Gasteiger partial charge in [-0.1, -0.05) is 18.2 Å². The molecule has 1 aromatic carbocycles. The summed E-state index contributed by atoms with van der Waals surface area (Å²) < 4.78 is 5.88. The monoisotopic (exact) mass is 372 g/mol. The Morgan fingerprint density at radius 1 is 1.42 bits per heavy atom. The van der Waals surface area contributed by atoms with Crippen molar-refractivity contribution in [2.75, 3.05) is 19.7 Å². The molecule has 2 aliphatic rings. The Bertz CT molecular complexity index is 865. The van der Waals surface area contributed by atoms with Crippen LogP contribution in [0.1, 0.15) is 16.3 Å². The van der Waals surface area contributed by atoms with Gasteiger partial charge in [0, 0.05) is 24.4 Å². The van der Waals surface area contributed by atoms with E-state index in [1.165, 1.54) is 11.3 Å². The van der Waals surface area contributed by atoms with Crippen LogP contribution in [0.2, 0.25) is 0 Å². The average Bonchev–Trinajstić information content (AvgIpc) is 3.14. The van der Waals surface area contributed by atoms with E-state index in [9.17, 15) is 14.7 Å². The van der Waals surface area contributed by atoms with Crippen LogP contribution in [0.15, 0.2) is 29.6 Å². The van der Waals surface area contributed by atoms with Crippen LogP contribution in [0.5, 0.6) is 5.75 Å². The first-order valence-electron chi connectivity index (χ1n) is 8.61. The standard InChI is InChI=1S/C19H20N2O4S/c1-12-20-15(10-26-12)6-17(22)21-8-14-9-25-16-5-3-2-4-13(16)7-19(14,11-21)18(23)24/h2-5,10,14H,6-9,11H2,1H3,(H,23,24)/t14-,19+/m0/s1. The number of ether oxygens (including phenoxy) is 1. The molecule has 1 amide bonds. The molecule has 7 heteroatoms. The van der Waals surface area contributed by atoms with Gasteiger partial charge >= 0.3 is 5.97 Å². The number of carboxylic acid groups (broad SMARTS) is 1. The van der Waals surface area contributed by atoms with Crippen molar-refractivity contribution in [2.45, 2.75) is 19.8 Å². The number of hydrogen-bond donors (Lipinski definition) is 1. The first-order valence-corrected chi connectivity index (χ1v) is 9.49. The van der Waals surface area contributed by atoms with Crippen molar-refractivity contribution >= 4 is 23.2 Å². The van der Waals surface area contributed by atoms with E-state index in [4.69, 9.17) is 4.74 Å². The highest BCUT2D eigenvalue weighted by molar-refractivity contribution is 7.09. The molecule has 3 heterocycles. The van der Waals surface area contributed by atoms with Gasteiger partial charge < -0.3 is 14.7 Å². The molecule has 0 spiro atoms. The lowest BCUT2D eigenvalue weighted by molar-refractivity contribution is -0.151. The molecular formula is C19H20N2O4S. The van der Waals surface area contributed by atoms with Crippen molar-refractivity contribution in [2.24, 2.45) is 11.3 Å². The third-order valence-corrected chi connectivity index (χ3v) is 6.21. The van der Waals surface area contributed by atoms with Gasteiger partial charge in [-0.3, -0.25) is 9.59 Å². The number of thiazole rings is 1. The smallest absolute Gasteiger partial charge is 0.312 e. The summed E-state index contributed by atoms with van der Waals surface area (Å²) in [4.78, 5) is 31.0. The fourth-order valence-electron chi connectivity index (χ4n) is 3.97. The van der Waals surface area contributed by atoms with Gasteiger partial charge in [0.25, 0.3) is 0 Å². The van der Waals surface area contributed by atoms with Crippen LogP contribution in [0, 0.1) is 18.3 Å². The Balaban J connectivity index is 1.58. The molecule has 2 aromatic rings. The molecule has 6 nitrogen and oxygen atoms in total. The third kappa shape index (κ3) is 2.86. The van der Waals surface area contributed by atoms with E-state index in [0.717, 1.165) is 22.0 Å². The minimum atomic E-state index is -1.000. The summed E-state index contributed by atoms with van der Waals surface area (Å²) in [5.41, 5.74) is 0.637. The topological polar surface area (TPSA) is 79.7 Å². The highest BCUT2D eigenvalue weighted by Gasteiger charge is 2.55. The number of aryl methyl sites for hydroxylation is 1. The van der Waals surface area contributed by atoms with Gasteiger partial charge in [-0.15, -0.1) is 11.3 Å². The zero-order chi connectivity index (χ0) is 18.3. The quantitative estimate of drug-likeness (QED) is 0.893. The van der Waals surface area contributed by atoms with E-state index >= 15 is 0 Å². The summed E-state index contributed by atoms with van der Waals surface area (Å²) in [5, 5.41) is 12.8. The molecule has 0 unspecified atom stereocenters. The van der Waals surface area contributed by atoms with Gasteiger partial charge in [-0.05, 0) is 25.0 Å². The maximum Gasteiger partial charge on any atom is 0.312 e. The zero-order valence-electron chi connectivity index (χ0n) is 14.5. The molecule has 2 atom stereocenters. The van der Waals surface area contributed by atoms with Gasteiger partial charge in [-0.25, -0.2) is 4.98 Å². The highest BCUT2D eigenvalue weighted by Crippen LogP contribution is 2.44. The van der Waals surface area contributed by atoms with E-state index in [-0.39, 0.29) is 24.8 Å². The average molecular weight is 372 g/mol. The molecule has 26 heavy (non-hydrogen) atoms. The second kappa shape index (κ2) is 6.39. The molecule has 0 saturated carbocycles. The number of nitrogens with zero attached hydrogens (tertiary/aromatic N) is 2. The summed E-state index contributed by atoms with van der Waals surface area (Å²) in [6.45, 7) is 2.83. The molecule has 4 rings (SSSR count). The van der Waals surface area contributed by atoms with Crippen LogP contribution < -0.4 is 4.74 Å². The minimum Gasteiger partial charge on any atom is -0.493 e. The summed E-state index contributed by atoms with van der Waals surface area (Å²) in [6.07, 6.45) is 0.590. The summed E-state index contributed by atoms with van der Waals surface area (Å²) >= 11 is 1.51. The van der Waals surface area contributed by atoms with Crippen molar-refractivity contribution in [1.82, 2.24) is 9.88 Å². The number of carbonyl (C=O) groups excluding carboxylic acids is 1. The zero-order valence-corrected chi connectivity index (χ0v) is 15.3. The molecule has 136 valence electrons. The number of rotatable bonds is 3. The molecule has 1 saturated heterocycles. The maximum atomic E-state index is 12.7. The number of amides is 1. The Morgan fingerprint density at radius 3 is 2.96 bits per heavy atom. The van der Waals surface area contributed by atoms with Crippen molar-refractivity contribution in [3.8, 4) is 5.75 Å². The number of carbonyl (C=O) groups is 2. The predicted octanol–water partition coefficient (Wildman–Crippen LogP) is 2.16. The Labute approximate surface area is 155 Å². The molecule has 0 radical (unpaired) electrons. The first kappa shape index (κ1) is 17.0. The maximum absolute atomic E-state index is 12.7. The van der Waals surface area contributed by atoms with Gasteiger partial charge in [0.05, 0.1) is 29.1 Å². The third-order valence-electron chi connectivity index (χ3n) is 5.39. The summed E-state index contributed by atoms with van der Waals surface area (Å²) in [6, 6.07) is 7.56. The van der Waals surface area contributed by atoms with Crippen molar-refractivity contribution in [3.63, 3.8) is 0 Å². The number of aliphatic carboxylic acids is 1. The largest absolute Gasteiger partial charge is 0.493 e. The van der Waals surface area contributed by atoms with Gasteiger partial charge in [0.15, 0.2) is 0 Å². The lowest BCUT2D eigenvalue weighted by atomic mass is 9.74. The van der Waals surface area contributed by atoms with E-state index in [1.807, 2.05) is 36.6 Å². The van der Waals surface area contributed by atoms with Crippen molar-refractivity contribution < 1.29 is 19.4 Å². The van der Waals surface area contributed by atoms with Crippen LogP contribution in [0.25, 0.3) is 0 Å². The van der Waals surface area contributed by atoms with E-state index in [0.29, 0.717) is 19.6 Å². The predicted molar refractivity (Wildman–Crippen MR) is 96.3 cm³/mol. The van der Waals surface area contributed by atoms with Crippen LogP contribution in [-0.2, 0) is 22.4 Å². The Morgan fingerprint density at radius 2 is 2.23 bits per heavy atom. The molecule has 0 bridgehead atoms. The van der Waals surface area contributed by atoms with Crippen LogP contribution in [0.3, 0.4) is 0 Å². The molecule has 2 aliphatic heterocycles. The first-order chi connectivity index (χ1) is 12.5. The molecule has 1 fully saturated rings. The van der Waals surface area contributed by atoms with Crippen LogP contribution in [-0.4, -0.2) is 46.6 Å². The summed E-state index contributed by atoms with van der Waals surface area (Å²) in [7, 11) is 0. The van der Waals surface area contributed by atoms with Gasteiger partial charge in [0.2, 0.25) is 5.91 Å². The number of hydrogen-bond acceptors (Lipinski definition) is 5.